The van der Waals surface area contributed by atoms with Gasteiger partial charge in [0.1, 0.15) is 10.8 Å². The SMILES string of the molecule is O=C(c1ccccc1)N1CCN(C(=O)c2nn3c(c2Cl)N[C@@H](c2ccc(Br)cc2)C[C@@H]3C(F)(F)F)CC1. The van der Waals surface area contributed by atoms with Gasteiger partial charge in [-0.3, -0.25) is 9.59 Å². The Bertz CT molecular complexity index is 1310. The highest BCUT2D eigenvalue weighted by Gasteiger charge is 2.48. The van der Waals surface area contributed by atoms with Crippen molar-refractivity contribution in [2.75, 3.05) is 31.5 Å². The van der Waals surface area contributed by atoms with Crippen molar-refractivity contribution < 1.29 is 22.8 Å². The summed E-state index contributed by atoms with van der Waals surface area (Å²) in [6.07, 6.45) is -4.90. The minimum Gasteiger partial charge on any atom is -0.362 e. The highest BCUT2D eigenvalue weighted by atomic mass is 79.9. The monoisotopic (exact) mass is 595 g/mol. The van der Waals surface area contributed by atoms with Crippen LogP contribution in [0.1, 0.15) is 44.9 Å². The number of nitrogens with zero attached hydrogens (tertiary/aromatic N) is 4. The summed E-state index contributed by atoms with van der Waals surface area (Å²) < 4.78 is 43.8. The van der Waals surface area contributed by atoms with E-state index in [1.165, 1.54) is 4.90 Å². The molecule has 2 amide bonds. The van der Waals surface area contributed by atoms with Crippen LogP contribution < -0.4 is 5.32 Å². The summed E-state index contributed by atoms with van der Waals surface area (Å²) in [5.74, 6) is -0.745. The van der Waals surface area contributed by atoms with Gasteiger partial charge in [0.2, 0.25) is 0 Å². The molecule has 37 heavy (non-hydrogen) atoms. The predicted octanol–water partition coefficient (Wildman–Crippen LogP) is 5.56. The third kappa shape index (κ3) is 5.06. The van der Waals surface area contributed by atoms with Crippen molar-refractivity contribution in [2.24, 2.45) is 0 Å². The van der Waals surface area contributed by atoms with E-state index in [1.54, 1.807) is 53.4 Å². The summed E-state index contributed by atoms with van der Waals surface area (Å²) in [4.78, 5) is 29.1. The largest absolute Gasteiger partial charge is 0.410 e. The van der Waals surface area contributed by atoms with Crippen LogP contribution in [0.5, 0.6) is 0 Å². The fraction of sp³-hybridized carbons (Fsp3) is 0.320. The Morgan fingerprint density at radius 1 is 0.946 bits per heavy atom. The third-order valence-corrected chi connectivity index (χ3v) is 7.53. The number of aromatic nitrogens is 2. The molecule has 5 rings (SSSR count). The van der Waals surface area contributed by atoms with Crippen LogP contribution in [0.25, 0.3) is 0 Å². The molecule has 0 saturated carbocycles. The zero-order valence-electron chi connectivity index (χ0n) is 19.4. The molecule has 1 N–H and O–H groups in total. The van der Waals surface area contributed by atoms with Gasteiger partial charge >= 0.3 is 6.18 Å². The minimum absolute atomic E-state index is 0.0376. The van der Waals surface area contributed by atoms with Crippen LogP contribution in [-0.2, 0) is 0 Å². The normalized spacial score (nSPS) is 19.8. The first-order valence-electron chi connectivity index (χ1n) is 11.6. The van der Waals surface area contributed by atoms with Crippen LogP contribution in [0.2, 0.25) is 5.02 Å². The predicted molar refractivity (Wildman–Crippen MR) is 136 cm³/mol. The molecule has 2 aliphatic heterocycles. The van der Waals surface area contributed by atoms with Crippen molar-refractivity contribution in [3.05, 3.63) is 80.9 Å². The maximum absolute atomic E-state index is 14.1. The van der Waals surface area contributed by atoms with E-state index in [0.29, 0.717) is 24.2 Å². The first-order valence-corrected chi connectivity index (χ1v) is 12.8. The summed E-state index contributed by atoms with van der Waals surface area (Å²) in [7, 11) is 0. The lowest BCUT2D eigenvalue weighted by Crippen LogP contribution is -2.50. The number of carbonyl (C=O) groups is 2. The molecule has 1 saturated heterocycles. The number of alkyl halides is 3. The molecule has 3 heterocycles. The van der Waals surface area contributed by atoms with Gasteiger partial charge in [-0.1, -0.05) is 57.9 Å². The topological polar surface area (TPSA) is 70.5 Å². The van der Waals surface area contributed by atoms with E-state index >= 15 is 0 Å². The highest BCUT2D eigenvalue weighted by Crippen LogP contribution is 2.46. The Morgan fingerprint density at radius 2 is 1.54 bits per heavy atom. The van der Waals surface area contributed by atoms with Gasteiger partial charge in [-0.05, 0) is 29.8 Å². The highest BCUT2D eigenvalue weighted by molar-refractivity contribution is 9.10. The Labute approximate surface area is 224 Å². The number of hydrogen-bond acceptors (Lipinski definition) is 4. The number of carbonyl (C=O) groups excluding carboxylic acids is 2. The average Bonchev–Trinajstić information content (AvgIpc) is 3.24. The van der Waals surface area contributed by atoms with Crippen LogP contribution >= 0.6 is 27.5 Å². The number of piperazine rings is 1. The molecule has 0 unspecified atom stereocenters. The molecule has 2 atom stereocenters. The molecule has 194 valence electrons. The summed E-state index contributed by atoms with van der Waals surface area (Å²) in [6, 6.07) is 13.2. The van der Waals surface area contributed by atoms with E-state index in [0.717, 1.165) is 9.15 Å². The third-order valence-electron chi connectivity index (χ3n) is 6.65. The maximum atomic E-state index is 14.1. The Morgan fingerprint density at radius 3 is 2.14 bits per heavy atom. The van der Waals surface area contributed by atoms with Crippen LogP contribution in [0.4, 0.5) is 19.0 Å². The Balaban J connectivity index is 1.36. The molecule has 12 heteroatoms. The van der Waals surface area contributed by atoms with Crippen molar-refractivity contribution in [3.8, 4) is 0 Å². The molecule has 2 aromatic carbocycles. The van der Waals surface area contributed by atoms with E-state index in [1.807, 2.05) is 6.07 Å². The van der Waals surface area contributed by atoms with E-state index in [4.69, 9.17) is 11.6 Å². The van der Waals surface area contributed by atoms with Gasteiger partial charge in [0.15, 0.2) is 11.7 Å². The molecular weight excluding hydrogens is 575 g/mol. The zero-order valence-corrected chi connectivity index (χ0v) is 21.7. The molecule has 0 spiro atoms. The molecule has 0 aliphatic carbocycles. The van der Waals surface area contributed by atoms with Crippen LogP contribution in [0.15, 0.2) is 59.1 Å². The number of anilines is 1. The summed E-state index contributed by atoms with van der Waals surface area (Å²) in [5.41, 5.74) is 0.974. The average molecular weight is 597 g/mol. The lowest BCUT2D eigenvalue weighted by molar-refractivity contribution is -0.173. The molecule has 1 fully saturated rings. The lowest BCUT2D eigenvalue weighted by Gasteiger charge is -2.34. The molecule has 0 radical (unpaired) electrons. The van der Waals surface area contributed by atoms with Gasteiger partial charge in [0.05, 0.1) is 6.04 Å². The van der Waals surface area contributed by atoms with Crippen molar-refractivity contribution >= 4 is 45.2 Å². The summed E-state index contributed by atoms with van der Waals surface area (Å²) in [6.45, 7) is 1.01. The molecule has 2 aliphatic rings. The van der Waals surface area contributed by atoms with Crippen LogP contribution in [-0.4, -0.2) is 63.7 Å². The van der Waals surface area contributed by atoms with E-state index in [-0.39, 0.29) is 42.0 Å². The first-order chi connectivity index (χ1) is 17.6. The molecule has 3 aromatic rings. The number of rotatable bonds is 3. The van der Waals surface area contributed by atoms with Crippen LogP contribution in [0.3, 0.4) is 0 Å². The van der Waals surface area contributed by atoms with E-state index in [9.17, 15) is 22.8 Å². The number of hydrogen-bond donors (Lipinski definition) is 1. The lowest BCUT2D eigenvalue weighted by atomic mass is 9.97. The van der Waals surface area contributed by atoms with Crippen LogP contribution in [0, 0.1) is 0 Å². The fourth-order valence-corrected chi connectivity index (χ4v) is 5.19. The zero-order chi connectivity index (χ0) is 26.3. The first kappa shape index (κ1) is 25.6. The van der Waals surface area contributed by atoms with Gasteiger partial charge in [0.25, 0.3) is 11.8 Å². The van der Waals surface area contributed by atoms with Crippen molar-refractivity contribution in [3.63, 3.8) is 0 Å². The van der Waals surface area contributed by atoms with Gasteiger partial charge in [-0.2, -0.15) is 18.3 Å². The molecular formula is C25H22BrClF3N5O2. The van der Waals surface area contributed by atoms with Gasteiger partial charge in [0, 0.05) is 42.6 Å². The number of amides is 2. The summed E-state index contributed by atoms with van der Waals surface area (Å²) >= 11 is 9.81. The summed E-state index contributed by atoms with van der Waals surface area (Å²) in [5, 5.41) is 6.94. The second-order valence-corrected chi connectivity index (χ2v) is 10.2. The smallest absolute Gasteiger partial charge is 0.362 e. The van der Waals surface area contributed by atoms with Crippen molar-refractivity contribution in [1.82, 2.24) is 19.6 Å². The molecule has 7 nitrogen and oxygen atoms in total. The van der Waals surface area contributed by atoms with Crippen molar-refractivity contribution in [2.45, 2.75) is 24.7 Å². The minimum atomic E-state index is -4.59. The number of benzene rings is 2. The van der Waals surface area contributed by atoms with E-state index in [2.05, 4.69) is 26.3 Å². The maximum Gasteiger partial charge on any atom is 0.410 e. The number of nitrogens with one attached hydrogen (secondary N) is 1. The quantitative estimate of drug-likeness (QED) is 0.430. The fourth-order valence-electron chi connectivity index (χ4n) is 4.67. The van der Waals surface area contributed by atoms with Gasteiger partial charge in [-0.15, -0.1) is 0 Å². The second-order valence-electron chi connectivity index (χ2n) is 8.95. The standard InChI is InChI=1S/C25H22BrClF3N5O2/c26-17-8-6-15(7-9-17)18-14-19(25(28,29)30)35-22(31-18)20(27)21(32-35)24(37)34-12-10-33(11-13-34)23(36)16-4-2-1-3-5-16/h1-9,18-19,31H,10-14H2/t18-,19-/m1/s1. The second kappa shape index (κ2) is 10.0. The molecule has 1 aromatic heterocycles. The number of halogens is 5. The van der Waals surface area contributed by atoms with Crippen molar-refractivity contribution in [1.29, 1.82) is 0 Å². The van der Waals surface area contributed by atoms with E-state index < -0.39 is 24.2 Å². The Hall–Kier alpha value is -3.05. The molecule has 0 bridgehead atoms. The van der Waals surface area contributed by atoms with Gasteiger partial charge < -0.3 is 15.1 Å². The van der Waals surface area contributed by atoms with Gasteiger partial charge in [-0.25, -0.2) is 4.68 Å². The number of fused-ring (bicyclic) bond motifs is 1. The Kier molecular flexibility index (Phi) is 6.93.